The van der Waals surface area contributed by atoms with Crippen LogP contribution in [-0.2, 0) is 0 Å². The van der Waals surface area contributed by atoms with E-state index in [1.165, 1.54) is 20.3 Å². The SMILES string of the molecule is COc1cc(F)c(C(=O)Nc2nccc3ccncc23)cc1OC. The Morgan fingerprint density at radius 2 is 1.83 bits per heavy atom. The first-order valence-electron chi connectivity index (χ1n) is 7.05. The largest absolute Gasteiger partial charge is 0.493 e. The number of hydrogen-bond donors (Lipinski definition) is 1. The molecule has 0 aliphatic heterocycles. The third-order valence-electron chi connectivity index (χ3n) is 3.52. The summed E-state index contributed by atoms with van der Waals surface area (Å²) in [7, 11) is 2.80. The second kappa shape index (κ2) is 6.49. The lowest BCUT2D eigenvalue weighted by Crippen LogP contribution is -2.15. The molecule has 3 rings (SSSR count). The predicted molar refractivity (Wildman–Crippen MR) is 87.0 cm³/mol. The van der Waals surface area contributed by atoms with E-state index < -0.39 is 11.7 Å². The fraction of sp³-hybridized carbons (Fsp3) is 0.118. The molecule has 0 aliphatic rings. The van der Waals surface area contributed by atoms with Crippen molar-refractivity contribution in [3.63, 3.8) is 0 Å². The molecular weight excluding hydrogens is 313 g/mol. The summed E-state index contributed by atoms with van der Waals surface area (Å²) in [6.45, 7) is 0. The minimum Gasteiger partial charge on any atom is -0.493 e. The zero-order chi connectivity index (χ0) is 17.1. The van der Waals surface area contributed by atoms with Gasteiger partial charge in [0.2, 0.25) is 0 Å². The van der Waals surface area contributed by atoms with Crippen LogP contribution >= 0.6 is 0 Å². The second-order valence-corrected chi connectivity index (χ2v) is 4.90. The van der Waals surface area contributed by atoms with Crippen molar-refractivity contribution in [2.45, 2.75) is 0 Å². The van der Waals surface area contributed by atoms with Crippen LogP contribution in [0.3, 0.4) is 0 Å². The number of pyridine rings is 2. The third kappa shape index (κ3) is 2.83. The lowest BCUT2D eigenvalue weighted by atomic mass is 10.1. The monoisotopic (exact) mass is 327 g/mol. The summed E-state index contributed by atoms with van der Waals surface area (Å²) >= 11 is 0. The molecule has 7 heteroatoms. The molecule has 0 fully saturated rings. The Hall–Kier alpha value is -3.22. The van der Waals surface area contributed by atoms with Gasteiger partial charge in [-0.3, -0.25) is 9.78 Å². The number of fused-ring (bicyclic) bond motifs is 1. The molecule has 2 heterocycles. The Morgan fingerprint density at radius 3 is 2.58 bits per heavy atom. The fourth-order valence-electron chi connectivity index (χ4n) is 2.31. The molecule has 0 unspecified atom stereocenters. The van der Waals surface area contributed by atoms with Crippen LogP contribution < -0.4 is 14.8 Å². The smallest absolute Gasteiger partial charge is 0.259 e. The van der Waals surface area contributed by atoms with Gasteiger partial charge in [-0.15, -0.1) is 0 Å². The molecule has 0 saturated carbocycles. The first-order valence-corrected chi connectivity index (χ1v) is 7.05. The van der Waals surface area contributed by atoms with Gasteiger partial charge in [-0.05, 0) is 23.6 Å². The molecular formula is C17H14FN3O3. The topological polar surface area (TPSA) is 73.3 Å². The summed E-state index contributed by atoms with van der Waals surface area (Å²) in [6.07, 6.45) is 4.79. The molecule has 0 atom stereocenters. The van der Waals surface area contributed by atoms with Crippen LogP contribution in [0.15, 0.2) is 42.9 Å². The number of nitrogens with one attached hydrogen (secondary N) is 1. The van der Waals surface area contributed by atoms with Gasteiger partial charge in [0.15, 0.2) is 11.5 Å². The number of hydrogen-bond acceptors (Lipinski definition) is 5. The molecule has 0 radical (unpaired) electrons. The average molecular weight is 327 g/mol. The predicted octanol–water partition coefficient (Wildman–Crippen LogP) is 3.04. The van der Waals surface area contributed by atoms with E-state index in [0.29, 0.717) is 11.2 Å². The van der Waals surface area contributed by atoms with Gasteiger partial charge in [0, 0.05) is 30.0 Å². The number of methoxy groups -OCH3 is 2. The van der Waals surface area contributed by atoms with Crippen LogP contribution in [0.1, 0.15) is 10.4 Å². The number of amides is 1. The zero-order valence-electron chi connectivity index (χ0n) is 13.0. The fourth-order valence-corrected chi connectivity index (χ4v) is 2.31. The van der Waals surface area contributed by atoms with E-state index in [2.05, 4.69) is 15.3 Å². The Balaban J connectivity index is 1.98. The standard InChI is InChI=1S/C17H14FN3O3/c1-23-14-7-11(13(18)8-15(14)24-2)17(22)21-16-12-9-19-5-3-10(12)4-6-20-16/h3-9H,1-2H3,(H,20,21,22). The first kappa shape index (κ1) is 15.7. The molecule has 24 heavy (non-hydrogen) atoms. The van der Waals surface area contributed by atoms with E-state index in [1.54, 1.807) is 30.7 Å². The quantitative estimate of drug-likeness (QED) is 0.797. The zero-order valence-corrected chi connectivity index (χ0v) is 13.0. The number of carbonyl (C=O) groups excluding carboxylic acids is 1. The van der Waals surface area contributed by atoms with Gasteiger partial charge in [0.25, 0.3) is 5.91 Å². The maximum Gasteiger partial charge on any atom is 0.259 e. The van der Waals surface area contributed by atoms with Crippen LogP contribution in [0.2, 0.25) is 0 Å². The van der Waals surface area contributed by atoms with E-state index in [-0.39, 0.29) is 17.1 Å². The van der Waals surface area contributed by atoms with Crippen LogP contribution in [0.4, 0.5) is 10.2 Å². The minimum absolute atomic E-state index is 0.171. The van der Waals surface area contributed by atoms with Gasteiger partial charge in [0.05, 0.1) is 19.8 Å². The van der Waals surface area contributed by atoms with E-state index in [9.17, 15) is 9.18 Å². The van der Waals surface area contributed by atoms with Gasteiger partial charge in [-0.1, -0.05) is 0 Å². The number of halogens is 1. The highest BCUT2D eigenvalue weighted by Crippen LogP contribution is 2.30. The third-order valence-corrected chi connectivity index (χ3v) is 3.52. The summed E-state index contributed by atoms with van der Waals surface area (Å²) in [4.78, 5) is 20.6. The molecule has 0 aliphatic carbocycles. The van der Waals surface area contributed by atoms with Gasteiger partial charge in [-0.25, -0.2) is 9.37 Å². The Morgan fingerprint density at radius 1 is 1.12 bits per heavy atom. The van der Waals surface area contributed by atoms with Crippen molar-refractivity contribution in [3.8, 4) is 11.5 Å². The lowest BCUT2D eigenvalue weighted by Gasteiger charge is -2.11. The summed E-state index contributed by atoms with van der Waals surface area (Å²) in [5.41, 5.74) is -0.171. The highest BCUT2D eigenvalue weighted by Gasteiger charge is 2.18. The molecule has 3 aromatic rings. The van der Waals surface area contributed by atoms with Gasteiger partial charge >= 0.3 is 0 Å². The van der Waals surface area contributed by atoms with Crippen molar-refractivity contribution >= 4 is 22.5 Å². The van der Waals surface area contributed by atoms with Crippen molar-refractivity contribution in [2.24, 2.45) is 0 Å². The lowest BCUT2D eigenvalue weighted by molar-refractivity contribution is 0.102. The first-order chi connectivity index (χ1) is 11.6. The molecule has 1 aromatic carbocycles. The van der Waals surface area contributed by atoms with Gasteiger partial charge < -0.3 is 14.8 Å². The summed E-state index contributed by atoms with van der Waals surface area (Å²) < 4.78 is 24.3. The number of nitrogens with zero attached hydrogens (tertiary/aromatic N) is 2. The number of aromatic nitrogens is 2. The normalized spacial score (nSPS) is 10.5. The van der Waals surface area contributed by atoms with Crippen molar-refractivity contribution in [2.75, 3.05) is 19.5 Å². The van der Waals surface area contributed by atoms with Crippen molar-refractivity contribution in [1.82, 2.24) is 9.97 Å². The molecule has 1 N–H and O–H groups in total. The van der Waals surface area contributed by atoms with Crippen molar-refractivity contribution < 1.29 is 18.7 Å². The van der Waals surface area contributed by atoms with Gasteiger partial charge in [0.1, 0.15) is 11.6 Å². The Bertz CT molecular complexity index is 909. The second-order valence-electron chi connectivity index (χ2n) is 4.90. The van der Waals surface area contributed by atoms with Crippen molar-refractivity contribution in [1.29, 1.82) is 0 Å². The maximum absolute atomic E-state index is 14.2. The number of anilines is 1. The molecule has 0 spiro atoms. The van der Waals surface area contributed by atoms with Gasteiger partial charge in [-0.2, -0.15) is 0 Å². The van der Waals surface area contributed by atoms with Crippen molar-refractivity contribution in [3.05, 3.63) is 54.2 Å². The van der Waals surface area contributed by atoms with E-state index >= 15 is 0 Å². The summed E-state index contributed by atoms with van der Waals surface area (Å²) in [5, 5.41) is 4.13. The van der Waals surface area contributed by atoms with Crippen LogP contribution in [0.5, 0.6) is 11.5 Å². The highest BCUT2D eigenvalue weighted by atomic mass is 19.1. The summed E-state index contributed by atoms with van der Waals surface area (Å²) in [5.74, 6) is -0.587. The van der Waals surface area contributed by atoms with E-state index in [0.717, 1.165) is 11.5 Å². The Labute approximate surface area is 137 Å². The molecule has 1 amide bonds. The number of carbonyl (C=O) groups is 1. The number of ether oxygens (including phenoxy) is 2. The average Bonchev–Trinajstić information content (AvgIpc) is 2.61. The molecule has 122 valence electrons. The molecule has 0 bridgehead atoms. The maximum atomic E-state index is 14.2. The van der Waals surface area contributed by atoms with Crippen LogP contribution in [0, 0.1) is 5.82 Å². The Kier molecular flexibility index (Phi) is 4.24. The van der Waals surface area contributed by atoms with Crippen LogP contribution in [0.25, 0.3) is 10.8 Å². The highest BCUT2D eigenvalue weighted by molar-refractivity contribution is 6.08. The van der Waals surface area contributed by atoms with E-state index in [1.807, 2.05) is 0 Å². The molecule has 0 saturated heterocycles. The summed E-state index contributed by atoms with van der Waals surface area (Å²) in [6, 6.07) is 5.98. The minimum atomic E-state index is -0.719. The van der Waals surface area contributed by atoms with E-state index in [4.69, 9.17) is 9.47 Å². The molecule has 6 nitrogen and oxygen atoms in total. The van der Waals surface area contributed by atoms with Crippen LogP contribution in [-0.4, -0.2) is 30.1 Å². The number of rotatable bonds is 4. The molecule has 2 aromatic heterocycles. The number of benzene rings is 1.